The summed E-state index contributed by atoms with van der Waals surface area (Å²) in [6.45, 7) is 5.58. The Morgan fingerprint density at radius 3 is 2.64 bits per heavy atom. The van der Waals surface area contributed by atoms with E-state index < -0.39 is 0 Å². The lowest BCUT2D eigenvalue weighted by atomic mass is 10.1. The average Bonchev–Trinajstić information content (AvgIpc) is 2.40. The number of hydrogen-bond donors (Lipinski definition) is 1. The summed E-state index contributed by atoms with van der Waals surface area (Å²) in [4.78, 5) is 14.6. The minimum atomic E-state index is 0.124. The number of aryl methyl sites for hydroxylation is 2. The molecule has 72 valence electrons. The SMILES string of the molecule is CC(=O)c1c(C)[nH]c2ccc(C)cc12. The predicted octanol–water partition coefficient (Wildman–Crippen LogP) is 2.99. The van der Waals surface area contributed by atoms with Crippen LogP contribution in [0.5, 0.6) is 0 Å². The molecule has 0 bridgehead atoms. The van der Waals surface area contributed by atoms with Gasteiger partial charge >= 0.3 is 0 Å². The monoisotopic (exact) mass is 187 g/mol. The number of carbonyl (C=O) groups excluding carboxylic acids is 1. The van der Waals surface area contributed by atoms with Gasteiger partial charge in [0.25, 0.3) is 0 Å². The predicted molar refractivity (Wildman–Crippen MR) is 57.8 cm³/mol. The van der Waals surface area contributed by atoms with Crippen LogP contribution in [0.25, 0.3) is 10.9 Å². The second-order valence-electron chi connectivity index (χ2n) is 3.73. The number of benzene rings is 1. The molecule has 0 spiro atoms. The fraction of sp³-hybridized carbons (Fsp3) is 0.250. The van der Waals surface area contributed by atoms with E-state index in [1.807, 2.05) is 26.0 Å². The number of aromatic amines is 1. The summed E-state index contributed by atoms with van der Waals surface area (Å²) >= 11 is 0. The molecule has 0 aliphatic carbocycles. The summed E-state index contributed by atoms with van der Waals surface area (Å²) in [5.74, 6) is 0.124. The zero-order valence-electron chi connectivity index (χ0n) is 8.64. The smallest absolute Gasteiger partial charge is 0.162 e. The van der Waals surface area contributed by atoms with Crippen LogP contribution in [0.3, 0.4) is 0 Å². The standard InChI is InChI=1S/C12H13NO/c1-7-4-5-11-10(6-7)12(9(3)14)8(2)13-11/h4-6,13H,1-3H3. The fourth-order valence-electron chi connectivity index (χ4n) is 1.89. The molecule has 0 amide bonds. The molecule has 2 aromatic rings. The Labute approximate surface area is 82.9 Å². The van der Waals surface area contributed by atoms with Gasteiger partial charge < -0.3 is 4.98 Å². The van der Waals surface area contributed by atoms with Crippen molar-refractivity contribution in [3.63, 3.8) is 0 Å². The highest BCUT2D eigenvalue weighted by Gasteiger charge is 2.11. The van der Waals surface area contributed by atoms with Gasteiger partial charge in [0.2, 0.25) is 0 Å². The Hall–Kier alpha value is -1.57. The summed E-state index contributed by atoms with van der Waals surface area (Å²) in [6, 6.07) is 6.11. The molecule has 1 aromatic carbocycles. The van der Waals surface area contributed by atoms with Crippen LogP contribution >= 0.6 is 0 Å². The zero-order chi connectivity index (χ0) is 10.3. The van der Waals surface area contributed by atoms with Crippen molar-refractivity contribution in [1.82, 2.24) is 4.98 Å². The van der Waals surface area contributed by atoms with Gasteiger partial charge in [-0.2, -0.15) is 0 Å². The summed E-state index contributed by atoms with van der Waals surface area (Å²) in [7, 11) is 0. The summed E-state index contributed by atoms with van der Waals surface area (Å²) < 4.78 is 0. The highest BCUT2D eigenvalue weighted by atomic mass is 16.1. The fourth-order valence-corrected chi connectivity index (χ4v) is 1.89. The number of nitrogens with one attached hydrogen (secondary N) is 1. The van der Waals surface area contributed by atoms with E-state index in [4.69, 9.17) is 0 Å². The van der Waals surface area contributed by atoms with Crippen molar-refractivity contribution in [1.29, 1.82) is 0 Å². The molecule has 1 aromatic heterocycles. The second-order valence-corrected chi connectivity index (χ2v) is 3.73. The number of H-pyrrole nitrogens is 1. The van der Waals surface area contributed by atoms with Crippen molar-refractivity contribution < 1.29 is 4.79 Å². The van der Waals surface area contributed by atoms with Crippen LogP contribution in [0, 0.1) is 13.8 Å². The Morgan fingerprint density at radius 1 is 1.29 bits per heavy atom. The normalized spacial score (nSPS) is 10.8. The number of carbonyl (C=O) groups is 1. The van der Waals surface area contributed by atoms with Crippen LogP contribution in [0.4, 0.5) is 0 Å². The number of Topliss-reactive ketones (excluding diaryl/α,β-unsaturated/α-hetero) is 1. The van der Waals surface area contributed by atoms with E-state index in [1.54, 1.807) is 6.92 Å². The molecule has 0 aliphatic heterocycles. The van der Waals surface area contributed by atoms with Gasteiger partial charge in [-0.25, -0.2) is 0 Å². The molecular weight excluding hydrogens is 174 g/mol. The molecule has 2 nitrogen and oxygen atoms in total. The first-order chi connectivity index (χ1) is 6.59. The van der Waals surface area contributed by atoms with Gasteiger partial charge in [0.15, 0.2) is 5.78 Å². The van der Waals surface area contributed by atoms with Gasteiger partial charge in [0.1, 0.15) is 0 Å². The highest BCUT2D eigenvalue weighted by molar-refractivity contribution is 6.08. The maximum absolute atomic E-state index is 11.4. The second kappa shape index (κ2) is 2.98. The summed E-state index contributed by atoms with van der Waals surface area (Å²) in [5, 5.41) is 1.04. The molecule has 0 saturated carbocycles. The Bertz CT molecular complexity index is 508. The van der Waals surface area contributed by atoms with Crippen molar-refractivity contribution in [2.45, 2.75) is 20.8 Å². The zero-order valence-corrected chi connectivity index (χ0v) is 8.64. The molecule has 2 rings (SSSR count). The average molecular weight is 187 g/mol. The first-order valence-electron chi connectivity index (χ1n) is 4.69. The molecule has 14 heavy (non-hydrogen) atoms. The largest absolute Gasteiger partial charge is 0.358 e. The van der Waals surface area contributed by atoms with Gasteiger partial charge in [-0.05, 0) is 32.9 Å². The molecule has 0 radical (unpaired) electrons. The van der Waals surface area contributed by atoms with Crippen LogP contribution in [-0.4, -0.2) is 10.8 Å². The highest BCUT2D eigenvalue weighted by Crippen LogP contribution is 2.23. The third-order valence-electron chi connectivity index (χ3n) is 2.49. The third kappa shape index (κ3) is 1.23. The first-order valence-corrected chi connectivity index (χ1v) is 4.69. The quantitative estimate of drug-likeness (QED) is 0.684. The van der Waals surface area contributed by atoms with Crippen molar-refractivity contribution >= 4 is 16.7 Å². The molecule has 1 heterocycles. The molecule has 0 unspecified atom stereocenters. The van der Waals surface area contributed by atoms with Crippen LogP contribution in [0.1, 0.15) is 28.5 Å². The molecule has 0 aliphatic rings. The number of fused-ring (bicyclic) bond motifs is 1. The van der Waals surface area contributed by atoms with E-state index in [1.165, 1.54) is 5.56 Å². The van der Waals surface area contributed by atoms with Crippen molar-refractivity contribution in [2.24, 2.45) is 0 Å². The van der Waals surface area contributed by atoms with Gasteiger partial charge in [0, 0.05) is 22.2 Å². The minimum absolute atomic E-state index is 0.124. The van der Waals surface area contributed by atoms with E-state index in [-0.39, 0.29) is 5.78 Å². The van der Waals surface area contributed by atoms with Crippen LogP contribution in [0.2, 0.25) is 0 Å². The lowest BCUT2D eigenvalue weighted by Gasteiger charge is -1.95. The van der Waals surface area contributed by atoms with Gasteiger partial charge in [-0.15, -0.1) is 0 Å². The number of hydrogen-bond acceptors (Lipinski definition) is 1. The van der Waals surface area contributed by atoms with Crippen LogP contribution in [-0.2, 0) is 0 Å². The minimum Gasteiger partial charge on any atom is -0.358 e. The first kappa shape index (κ1) is 9.00. The van der Waals surface area contributed by atoms with Gasteiger partial charge in [0.05, 0.1) is 0 Å². The van der Waals surface area contributed by atoms with E-state index in [2.05, 4.69) is 11.1 Å². The lowest BCUT2D eigenvalue weighted by Crippen LogP contribution is -1.92. The van der Waals surface area contributed by atoms with Crippen molar-refractivity contribution in [2.75, 3.05) is 0 Å². The molecule has 0 fully saturated rings. The van der Waals surface area contributed by atoms with Crippen molar-refractivity contribution in [3.8, 4) is 0 Å². The van der Waals surface area contributed by atoms with E-state index >= 15 is 0 Å². The van der Waals surface area contributed by atoms with Gasteiger partial charge in [-0.3, -0.25) is 4.79 Å². The number of rotatable bonds is 1. The molecule has 2 heteroatoms. The number of aromatic nitrogens is 1. The molecule has 1 N–H and O–H groups in total. The lowest BCUT2D eigenvalue weighted by molar-refractivity contribution is 0.101. The van der Waals surface area contributed by atoms with Crippen LogP contribution < -0.4 is 0 Å². The third-order valence-corrected chi connectivity index (χ3v) is 2.49. The van der Waals surface area contributed by atoms with Crippen LogP contribution in [0.15, 0.2) is 18.2 Å². The van der Waals surface area contributed by atoms with Crippen molar-refractivity contribution in [3.05, 3.63) is 35.0 Å². The Morgan fingerprint density at radius 2 is 2.00 bits per heavy atom. The van der Waals surface area contributed by atoms with Gasteiger partial charge in [-0.1, -0.05) is 11.6 Å². The maximum atomic E-state index is 11.4. The summed E-state index contributed by atoms with van der Waals surface area (Å²) in [6.07, 6.45) is 0. The Kier molecular flexibility index (Phi) is 1.92. The maximum Gasteiger partial charge on any atom is 0.162 e. The molecular formula is C12H13NO. The van der Waals surface area contributed by atoms with E-state index in [9.17, 15) is 4.79 Å². The van der Waals surface area contributed by atoms with E-state index in [0.29, 0.717) is 0 Å². The topological polar surface area (TPSA) is 32.9 Å². The Balaban J connectivity index is 2.86. The summed E-state index contributed by atoms with van der Waals surface area (Å²) in [5.41, 5.74) is 4.00. The van der Waals surface area contributed by atoms with E-state index in [0.717, 1.165) is 22.2 Å². The molecule has 0 atom stereocenters. The number of ketones is 1. The molecule has 0 saturated heterocycles.